The number of para-hydroxylation sites is 1. The number of benzene rings is 2. The van der Waals surface area contributed by atoms with Gasteiger partial charge in [-0.3, -0.25) is 9.59 Å². The lowest BCUT2D eigenvalue weighted by atomic mass is 10.1. The maximum absolute atomic E-state index is 12.2. The molecule has 0 spiro atoms. The number of amides is 2. The van der Waals surface area contributed by atoms with Crippen molar-refractivity contribution in [2.45, 2.75) is 6.42 Å². The first-order chi connectivity index (χ1) is 11.0. The standard InChI is InChI=1S/C18H20N2O3/c1-20(2)18(22)14-8-6-9-15(11-14)19-17(21)12-13-7-4-5-10-16(13)23-3/h4-11H,12H2,1-3H3,(H,19,21). The molecule has 0 saturated heterocycles. The quantitative estimate of drug-likeness (QED) is 0.923. The Morgan fingerprint density at radius 3 is 2.52 bits per heavy atom. The van der Waals surface area contributed by atoms with Crippen molar-refractivity contribution in [3.63, 3.8) is 0 Å². The number of anilines is 1. The molecular formula is C18H20N2O3. The van der Waals surface area contributed by atoms with Gasteiger partial charge < -0.3 is 15.0 Å². The molecule has 0 aliphatic carbocycles. The average Bonchev–Trinajstić information content (AvgIpc) is 2.54. The number of ether oxygens (including phenoxy) is 1. The highest BCUT2D eigenvalue weighted by molar-refractivity contribution is 5.97. The summed E-state index contributed by atoms with van der Waals surface area (Å²) in [4.78, 5) is 25.7. The van der Waals surface area contributed by atoms with E-state index in [1.165, 1.54) is 4.90 Å². The molecule has 0 atom stereocenters. The van der Waals surface area contributed by atoms with E-state index in [4.69, 9.17) is 4.74 Å². The summed E-state index contributed by atoms with van der Waals surface area (Å²) >= 11 is 0. The van der Waals surface area contributed by atoms with Gasteiger partial charge in [0, 0.05) is 30.9 Å². The van der Waals surface area contributed by atoms with Gasteiger partial charge in [0.05, 0.1) is 13.5 Å². The van der Waals surface area contributed by atoms with E-state index in [0.717, 1.165) is 5.56 Å². The van der Waals surface area contributed by atoms with Crippen LogP contribution in [0.3, 0.4) is 0 Å². The number of methoxy groups -OCH3 is 1. The summed E-state index contributed by atoms with van der Waals surface area (Å²) in [6.07, 6.45) is 0.204. The van der Waals surface area contributed by atoms with Crippen LogP contribution in [0.2, 0.25) is 0 Å². The molecule has 5 heteroatoms. The predicted octanol–water partition coefficient (Wildman–Crippen LogP) is 2.58. The number of carbonyl (C=O) groups excluding carboxylic acids is 2. The maximum atomic E-state index is 12.2. The van der Waals surface area contributed by atoms with E-state index in [9.17, 15) is 9.59 Å². The fourth-order valence-corrected chi connectivity index (χ4v) is 2.22. The Bertz CT molecular complexity index is 711. The number of hydrogen-bond donors (Lipinski definition) is 1. The Kier molecular flexibility index (Phi) is 5.36. The zero-order valence-electron chi connectivity index (χ0n) is 13.5. The Morgan fingerprint density at radius 2 is 1.83 bits per heavy atom. The molecule has 0 aliphatic heterocycles. The summed E-state index contributed by atoms with van der Waals surface area (Å²) in [7, 11) is 4.96. The largest absolute Gasteiger partial charge is 0.496 e. The SMILES string of the molecule is COc1ccccc1CC(=O)Nc1cccc(C(=O)N(C)C)c1. The van der Waals surface area contributed by atoms with Crippen molar-refractivity contribution in [1.29, 1.82) is 0 Å². The van der Waals surface area contributed by atoms with Crippen molar-refractivity contribution in [2.24, 2.45) is 0 Å². The van der Waals surface area contributed by atoms with E-state index < -0.39 is 0 Å². The fraction of sp³-hybridized carbons (Fsp3) is 0.222. The van der Waals surface area contributed by atoms with Crippen molar-refractivity contribution in [3.8, 4) is 5.75 Å². The van der Waals surface area contributed by atoms with E-state index in [1.807, 2.05) is 24.3 Å². The van der Waals surface area contributed by atoms with Gasteiger partial charge in [-0.2, -0.15) is 0 Å². The molecule has 5 nitrogen and oxygen atoms in total. The lowest BCUT2D eigenvalue weighted by Crippen LogP contribution is -2.22. The van der Waals surface area contributed by atoms with E-state index in [1.54, 1.807) is 45.5 Å². The Balaban J connectivity index is 2.09. The van der Waals surface area contributed by atoms with Crippen LogP contribution in [0.4, 0.5) is 5.69 Å². The van der Waals surface area contributed by atoms with E-state index >= 15 is 0 Å². The lowest BCUT2D eigenvalue weighted by Gasteiger charge is -2.12. The molecule has 0 saturated carbocycles. The van der Waals surface area contributed by atoms with Crippen molar-refractivity contribution < 1.29 is 14.3 Å². The monoisotopic (exact) mass is 312 g/mol. The van der Waals surface area contributed by atoms with E-state index in [-0.39, 0.29) is 18.2 Å². The minimum atomic E-state index is -0.163. The van der Waals surface area contributed by atoms with E-state index in [2.05, 4.69) is 5.32 Å². The Hall–Kier alpha value is -2.82. The van der Waals surface area contributed by atoms with Crippen LogP contribution in [-0.4, -0.2) is 37.9 Å². The Labute approximate surface area is 135 Å². The van der Waals surface area contributed by atoms with Crippen LogP contribution in [0.1, 0.15) is 15.9 Å². The molecule has 2 amide bonds. The highest BCUT2D eigenvalue weighted by atomic mass is 16.5. The molecule has 2 aromatic rings. The molecule has 0 bridgehead atoms. The third kappa shape index (κ3) is 4.32. The van der Waals surface area contributed by atoms with Crippen LogP contribution in [0, 0.1) is 0 Å². The normalized spacial score (nSPS) is 10.0. The molecule has 0 unspecified atom stereocenters. The zero-order chi connectivity index (χ0) is 16.8. The fourth-order valence-electron chi connectivity index (χ4n) is 2.22. The molecule has 120 valence electrons. The molecule has 0 fully saturated rings. The molecule has 2 aromatic carbocycles. The molecule has 0 heterocycles. The minimum absolute atomic E-state index is 0.106. The molecule has 0 radical (unpaired) electrons. The van der Waals surface area contributed by atoms with Crippen molar-refractivity contribution >= 4 is 17.5 Å². The van der Waals surface area contributed by atoms with Gasteiger partial charge in [-0.25, -0.2) is 0 Å². The van der Waals surface area contributed by atoms with Crippen molar-refractivity contribution in [1.82, 2.24) is 4.90 Å². The van der Waals surface area contributed by atoms with Crippen LogP contribution >= 0.6 is 0 Å². The molecule has 0 aliphatic rings. The topological polar surface area (TPSA) is 58.6 Å². The third-order valence-corrected chi connectivity index (χ3v) is 3.34. The predicted molar refractivity (Wildman–Crippen MR) is 89.8 cm³/mol. The molecule has 0 aromatic heterocycles. The van der Waals surface area contributed by atoms with Crippen LogP contribution in [-0.2, 0) is 11.2 Å². The van der Waals surface area contributed by atoms with Crippen LogP contribution in [0.5, 0.6) is 5.75 Å². The van der Waals surface area contributed by atoms with Crippen LogP contribution in [0.25, 0.3) is 0 Å². The van der Waals surface area contributed by atoms with Gasteiger partial charge in [0.15, 0.2) is 0 Å². The summed E-state index contributed by atoms with van der Waals surface area (Å²) < 4.78 is 5.24. The maximum Gasteiger partial charge on any atom is 0.253 e. The van der Waals surface area contributed by atoms with Gasteiger partial charge in [0.1, 0.15) is 5.75 Å². The number of hydrogen-bond acceptors (Lipinski definition) is 3. The number of carbonyl (C=O) groups is 2. The Morgan fingerprint density at radius 1 is 1.09 bits per heavy atom. The average molecular weight is 312 g/mol. The zero-order valence-corrected chi connectivity index (χ0v) is 13.5. The highest BCUT2D eigenvalue weighted by Gasteiger charge is 2.11. The smallest absolute Gasteiger partial charge is 0.253 e. The second-order valence-corrected chi connectivity index (χ2v) is 5.32. The van der Waals surface area contributed by atoms with Crippen molar-refractivity contribution in [2.75, 3.05) is 26.5 Å². The molecule has 23 heavy (non-hydrogen) atoms. The van der Waals surface area contributed by atoms with Gasteiger partial charge in [0.25, 0.3) is 5.91 Å². The summed E-state index contributed by atoms with van der Waals surface area (Å²) in [6, 6.07) is 14.3. The summed E-state index contributed by atoms with van der Waals surface area (Å²) in [6.45, 7) is 0. The third-order valence-electron chi connectivity index (χ3n) is 3.34. The summed E-state index contributed by atoms with van der Waals surface area (Å²) in [5, 5.41) is 2.81. The van der Waals surface area contributed by atoms with Gasteiger partial charge >= 0.3 is 0 Å². The number of nitrogens with one attached hydrogen (secondary N) is 1. The first-order valence-corrected chi connectivity index (χ1v) is 7.24. The second-order valence-electron chi connectivity index (χ2n) is 5.32. The number of rotatable bonds is 5. The van der Waals surface area contributed by atoms with Crippen LogP contribution < -0.4 is 10.1 Å². The minimum Gasteiger partial charge on any atom is -0.496 e. The lowest BCUT2D eigenvalue weighted by molar-refractivity contribution is -0.115. The number of nitrogens with zero attached hydrogens (tertiary/aromatic N) is 1. The second kappa shape index (κ2) is 7.45. The van der Waals surface area contributed by atoms with Gasteiger partial charge in [-0.1, -0.05) is 24.3 Å². The first-order valence-electron chi connectivity index (χ1n) is 7.24. The molecule has 1 N–H and O–H groups in total. The molecule has 2 rings (SSSR count). The van der Waals surface area contributed by atoms with Crippen LogP contribution in [0.15, 0.2) is 48.5 Å². The molecular weight excluding hydrogens is 292 g/mol. The van der Waals surface area contributed by atoms with Crippen molar-refractivity contribution in [3.05, 3.63) is 59.7 Å². The van der Waals surface area contributed by atoms with Gasteiger partial charge in [0.2, 0.25) is 5.91 Å². The summed E-state index contributed by atoms with van der Waals surface area (Å²) in [5.74, 6) is 0.411. The van der Waals surface area contributed by atoms with Gasteiger partial charge in [-0.05, 0) is 24.3 Å². The van der Waals surface area contributed by atoms with E-state index in [0.29, 0.717) is 17.0 Å². The highest BCUT2D eigenvalue weighted by Crippen LogP contribution is 2.19. The summed E-state index contributed by atoms with van der Waals surface area (Å²) in [5.41, 5.74) is 1.94. The van der Waals surface area contributed by atoms with Gasteiger partial charge in [-0.15, -0.1) is 0 Å². The first kappa shape index (κ1) is 16.5.